The second kappa shape index (κ2) is 5.61. The molecule has 2 rings (SSSR count). The van der Waals surface area contributed by atoms with Crippen molar-refractivity contribution in [2.75, 3.05) is 17.8 Å². The minimum atomic E-state index is -0.800. The lowest BCUT2D eigenvalue weighted by Crippen LogP contribution is -2.12. The van der Waals surface area contributed by atoms with Gasteiger partial charge in [0.25, 0.3) is 0 Å². The molecule has 1 aliphatic rings. The first-order chi connectivity index (χ1) is 8.20. The van der Waals surface area contributed by atoms with Crippen molar-refractivity contribution in [2.24, 2.45) is 5.84 Å². The molecular formula is C10H13F2N3OS. The van der Waals surface area contributed by atoms with Crippen molar-refractivity contribution in [2.45, 2.75) is 24.0 Å². The number of hydrogen-bond donors (Lipinski definition) is 2. The molecule has 1 aromatic rings. The van der Waals surface area contributed by atoms with Crippen molar-refractivity contribution in [1.82, 2.24) is 4.98 Å². The molecule has 4 nitrogen and oxygen atoms in total. The van der Waals surface area contributed by atoms with Crippen LogP contribution in [0.1, 0.15) is 12.8 Å². The largest absolute Gasteiger partial charge is 0.377 e. The zero-order chi connectivity index (χ0) is 12.3. The monoisotopic (exact) mass is 261 g/mol. The molecule has 0 aromatic carbocycles. The quantitative estimate of drug-likeness (QED) is 0.492. The molecule has 2 heterocycles. The molecule has 0 saturated carbocycles. The molecule has 7 heteroatoms. The topological polar surface area (TPSA) is 60.2 Å². The summed E-state index contributed by atoms with van der Waals surface area (Å²) in [5, 5.41) is 0.134. The van der Waals surface area contributed by atoms with E-state index in [0.717, 1.165) is 25.5 Å². The number of aromatic nitrogens is 1. The molecule has 0 radical (unpaired) electrons. The third-order valence-corrected chi connectivity index (χ3v) is 3.56. The molecule has 94 valence electrons. The van der Waals surface area contributed by atoms with Crippen LogP contribution in [0.3, 0.4) is 0 Å². The van der Waals surface area contributed by atoms with Crippen LogP contribution in [0.2, 0.25) is 0 Å². The summed E-state index contributed by atoms with van der Waals surface area (Å²) in [5.41, 5.74) is 2.09. The van der Waals surface area contributed by atoms with Gasteiger partial charge in [0.05, 0.1) is 6.10 Å². The van der Waals surface area contributed by atoms with Crippen LogP contribution in [0.4, 0.5) is 14.6 Å². The molecule has 1 atom stereocenters. The van der Waals surface area contributed by atoms with Gasteiger partial charge in [0.2, 0.25) is 0 Å². The SMILES string of the molecule is NNc1nc(SCC2CCCO2)c(F)cc1F. The second-order valence-corrected chi connectivity index (χ2v) is 4.70. The maximum Gasteiger partial charge on any atom is 0.177 e. The Balaban J connectivity index is 2.03. The van der Waals surface area contributed by atoms with E-state index in [1.807, 2.05) is 0 Å². The number of rotatable bonds is 4. The van der Waals surface area contributed by atoms with E-state index in [-0.39, 0.29) is 16.9 Å². The van der Waals surface area contributed by atoms with Crippen molar-refractivity contribution >= 4 is 17.6 Å². The van der Waals surface area contributed by atoms with Gasteiger partial charge in [-0.1, -0.05) is 0 Å². The van der Waals surface area contributed by atoms with Crippen LogP contribution in [0, 0.1) is 11.6 Å². The number of ether oxygens (including phenoxy) is 1. The van der Waals surface area contributed by atoms with Crippen LogP contribution >= 0.6 is 11.8 Å². The molecule has 3 N–H and O–H groups in total. The lowest BCUT2D eigenvalue weighted by Gasteiger charge is -2.10. The summed E-state index contributed by atoms with van der Waals surface area (Å²) in [7, 11) is 0. The van der Waals surface area contributed by atoms with Crippen molar-refractivity contribution in [1.29, 1.82) is 0 Å². The zero-order valence-corrected chi connectivity index (χ0v) is 9.90. The van der Waals surface area contributed by atoms with Crippen molar-refractivity contribution in [3.8, 4) is 0 Å². The van der Waals surface area contributed by atoms with Crippen LogP contribution in [-0.4, -0.2) is 23.4 Å². The summed E-state index contributed by atoms with van der Waals surface area (Å²) in [6, 6.07) is 0.778. The van der Waals surface area contributed by atoms with Gasteiger partial charge in [-0.2, -0.15) is 0 Å². The molecule has 0 aliphatic carbocycles. The number of nitrogens with two attached hydrogens (primary N) is 1. The van der Waals surface area contributed by atoms with Gasteiger partial charge < -0.3 is 10.2 Å². The van der Waals surface area contributed by atoms with Crippen LogP contribution in [0.25, 0.3) is 0 Å². The van der Waals surface area contributed by atoms with Gasteiger partial charge in [-0.05, 0) is 12.8 Å². The van der Waals surface area contributed by atoms with E-state index in [2.05, 4.69) is 10.4 Å². The summed E-state index contributed by atoms with van der Waals surface area (Å²) in [5.74, 6) is 4.06. The Morgan fingerprint density at radius 1 is 1.53 bits per heavy atom. The van der Waals surface area contributed by atoms with Crippen molar-refractivity contribution < 1.29 is 13.5 Å². The van der Waals surface area contributed by atoms with Crippen LogP contribution in [0.5, 0.6) is 0 Å². The Morgan fingerprint density at radius 3 is 3.00 bits per heavy atom. The summed E-state index contributed by atoms with van der Waals surface area (Å²) in [6.45, 7) is 0.750. The maximum atomic E-state index is 13.4. The number of halogens is 2. The van der Waals surface area contributed by atoms with Crippen LogP contribution < -0.4 is 11.3 Å². The Kier molecular flexibility index (Phi) is 4.14. The molecule has 0 amide bonds. The molecule has 1 aromatic heterocycles. The fraction of sp³-hybridized carbons (Fsp3) is 0.500. The first-order valence-electron chi connectivity index (χ1n) is 5.27. The van der Waals surface area contributed by atoms with Gasteiger partial charge in [0, 0.05) is 18.4 Å². The highest BCUT2D eigenvalue weighted by atomic mass is 32.2. The van der Waals surface area contributed by atoms with Crippen LogP contribution in [0.15, 0.2) is 11.1 Å². The maximum absolute atomic E-state index is 13.4. The molecular weight excluding hydrogens is 248 g/mol. The summed E-state index contributed by atoms with van der Waals surface area (Å²) in [6.07, 6.45) is 2.12. The number of thioether (sulfide) groups is 1. The Hall–Kier alpha value is -0.920. The van der Waals surface area contributed by atoms with E-state index < -0.39 is 11.6 Å². The number of nitrogens with one attached hydrogen (secondary N) is 1. The minimum absolute atomic E-state index is 0.125. The number of hydrazine groups is 1. The Bertz CT molecular complexity index is 399. The second-order valence-electron chi connectivity index (χ2n) is 3.70. The predicted octanol–water partition coefficient (Wildman–Crippen LogP) is 1.92. The molecule has 17 heavy (non-hydrogen) atoms. The third-order valence-electron chi connectivity index (χ3n) is 2.46. The van der Waals surface area contributed by atoms with Crippen molar-refractivity contribution in [3.63, 3.8) is 0 Å². The highest BCUT2D eigenvalue weighted by molar-refractivity contribution is 7.99. The van der Waals surface area contributed by atoms with Gasteiger partial charge >= 0.3 is 0 Å². The fourth-order valence-electron chi connectivity index (χ4n) is 1.60. The summed E-state index contributed by atoms with van der Waals surface area (Å²) in [4.78, 5) is 3.77. The number of pyridine rings is 1. The van der Waals surface area contributed by atoms with E-state index >= 15 is 0 Å². The van der Waals surface area contributed by atoms with Gasteiger partial charge in [-0.25, -0.2) is 19.6 Å². The van der Waals surface area contributed by atoms with E-state index in [9.17, 15) is 8.78 Å². The zero-order valence-electron chi connectivity index (χ0n) is 9.08. The van der Waals surface area contributed by atoms with E-state index in [1.54, 1.807) is 0 Å². The van der Waals surface area contributed by atoms with Gasteiger partial charge in [-0.15, -0.1) is 11.8 Å². The predicted molar refractivity (Wildman–Crippen MR) is 61.7 cm³/mol. The number of anilines is 1. The summed E-state index contributed by atoms with van der Waals surface area (Å²) >= 11 is 1.21. The number of nitrogens with zero attached hydrogens (tertiary/aromatic N) is 1. The van der Waals surface area contributed by atoms with Gasteiger partial charge in [0.1, 0.15) is 5.03 Å². The first kappa shape index (κ1) is 12.5. The van der Waals surface area contributed by atoms with E-state index in [0.29, 0.717) is 5.75 Å². The average molecular weight is 261 g/mol. The molecule has 0 bridgehead atoms. The average Bonchev–Trinajstić information content (AvgIpc) is 2.81. The molecule has 1 fully saturated rings. The highest BCUT2D eigenvalue weighted by Crippen LogP contribution is 2.26. The Morgan fingerprint density at radius 2 is 2.35 bits per heavy atom. The summed E-state index contributed by atoms with van der Waals surface area (Å²) < 4.78 is 31.9. The van der Waals surface area contributed by atoms with Crippen LogP contribution in [-0.2, 0) is 4.74 Å². The normalized spacial score (nSPS) is 19.6. The van der Waals surface area contributed by atoms with Gasteiger partial charge in [-0.3, -0.25) is 0 Å². The standard InChI is InChI=1S/C10H13F2N3OS/c11-7-4-8(12)10(14-9(7)15-13)17-5-6-2-1-3-16-6/h4,6H,1-3,5,13H2,(H,14,15). The lowest BCUT2D eigenvalue weighted by atomic mass is 10.3. The number of nitrogen functional groups attached to an aromatic ring is 1. The molecule has 1 saturated heterocycles. The van der Waals surface area contributed by atoms with E-state index in [4.69, 9.17) is 10.6 Å². The molecule has 0 spiro atoms. The number of hydrogen-bond acceptors (Lipinski definition) is 5. The third kappa shape index (κ3) is 3.05. The highest BCUT2D eigenvalue weighted by Gasteiger charge is 2.18. The smallest absolute Gasteiger partial charge is 0.177 e. The molecule has 1 aliphatic heterocycles. The molecule has 1 unspecified atom stereocenters. The van der Waals surface area contributed by atoms with E-state index in [1.165, 1.54) is 11.8 Å². The Labute approximate surface area is 102 Å². The van der Waals surface area contributed by atoms with Crippen molar-refractivity contribution in [3.05, 3.63) is 17.7 Å². The fourth-order valence-corrected chi connectivity index (χ4v) is 2.56. The lowest BCUT2D eigenvalue weighted by molar-refractivity contribution is 0.129. The van der Waals surface area contributed by atoms with Gasteiger partial charge in [0.15, 0.2) is 17.5 Å². The minimum Gasteiger partial charge on any atom is -0.377 e. The first-order valence-corrected chi connectivity index (χ1v) is 6.26.